The van der Waals surface area contributed by atoms with Crippen LogP contribution in [-0.4, -0.2) is 29.1 Å². The zero-order valence-electron chi connectivity index (χ0n) is 12.8. The van der Waals surface area contributed by atoms with Crippen LogP contribution in [0.2, 0.25) is 0 Å². The number of aromatic nitrogens is 1. The predicted octanol–water partition coefficient (Wildman–Crippen LogP) is 1.66. The number of aliphatic hydroxyl groups excluding tert-OH is 1. The van der Waals surface area contributed by atoms with E-state index in [1.165, 1.54) is 6.42 Å². The van der Waals surface area contributed by atoms with Crippen LogP contribution in [-0.2, 0) is 0 Å². The maximum atomic E-state index is 12.3. The van der Waals surface area contributed by atoms with Crippen molar-refractivity contribution in [1.82, 2.24) is 10.3 Å². The monoisotopic (exact) mass is 292 g/mol. The summed E-state index contributed by atoms with van der Waals surface area (Å²) < 4.78 is 0. The third-order valence-electron chi connectivity index (χ3n) is 4.47. The number of aliphatic hydroxyl groups is 1. The van der Waals surface area contributed by atoms with Gasteiger partial charge < -0.3 is 15.4 Å². The summed E-state index contributed by atoms with van der Waals surface area (Å²) in [6.07, 6.45) is 5.20. The number of H-pyrrole nitrogens is 1. The molecule has 116 valence electrons. The van der Waals surface area contributed by atoms with E-state index in [0.717, 1.165) is 31.4 Å². The SMILES string of the molecule is Cc1cc(C)c(C(=O)NCC2(CO)CCCCC2)c(=O)[nH]1. The lowest BCUT2D eigenvalue weighted by atomic mass is 9.74. The second-order valence-corrected chi connectivity index (χ2v) is 6.24. The van der Waals surface area contributed by atoms with Gasteiger partial charge in [-0.15, -0.1) is 0 Å². The number of carbonyl (C=O) groups excluding carboxylic acids is 1. The third-order valence-corrected chi connectivity index (χ3v) is 4.47. The molecule has 0 radical (unpaired) electrons. The smallest absolute Gasteiger partial charge is 0.261 e. The Labute approximate surface area is 124 Å². The van der Waals surface area contributed by atoms with Crippen LogP contribution >= 0.6 is 0 Å². The fourth-order valence-electron chi connectivity index (χ4n) is 3.18. The van der Waals surface area contributed by atoms with Gasteiger partial charge in [-0.05, 0) is 38.3 Å². The van der Waals surface area contributed by atoms with Gasteiger partial charge in [0.15, 0.2) is 0 Å². The zero-order chi connectivity index (χ0) is 15.5. The highest BCUT2D eigenvalue weighted by Gasteiger charge is 2.32. The van der Waals surface area contributed by atoms with Crippen molar-refractivity contribution in [3.63, 3.8) is 0 Å². The van der Waals surface area contributed by atoms with Crippen LogP contribution in [0.4, 0.5) is 0 Å². The van der Waals surface area contributed by atoms with Crippen molar-refractivity contribution in [3.05, 3.63) is 33.2 Å². The largest absolute Gasteiger partial charge is 0.396 e. The van der Waals surface area contributed by atoms with Gasteiger partial charge >= 0.3 is 0 Å². The molecule has 21 heavy (non-hydrogen) atoms. The average molecular weight is 292 g/mol. The van der Waals surface area contributed by atoms with Gasteiger partial charge in [-0.1, -0.05) is 19.3 Å². The lowest BCUT2D eigenvalue weighted by Gasteiger charge is -2.35. The Morgan fingerprint density at radius 3 is 2.57 bits per heavy atom. The molecule has 1 amide bonds. The van der Waals surface area contributed by atoms with Crippen molar-refractivity contribution in [1.29, 1.82) is 0 Å². The Bertz CT molecular complexity index is 571. The van der Waals surface area contributed by atoms with E-state index < -0.39 is 0 Å². The van der Waals surface area contributed by atoms with E-state index in [4.69, 9.17) is 0 Å². The van der Waals surface area contributed by atoms with Gasteiger partial charge in [-0.2, -0.15) is 0 Å². The minimum absolute atomic E-state index is 0.0799. The van der Waals surface area contributed by atoms with Crippen LogP contribution < -0.4 is 10.9 Å². The lowest BCUT2D eigenvalue weighted by molar-refractivity contribution is 0.0717. The van der Waals surface area contributed by atoms with E-state index in [2.05, 4.69) is 10.3 Å². The van der Waals surface area contributed by atoms with Crippen LogP contribution in [0, 0.1) is 19.3 Å². The molecule has 0 aliphatic heterocycles. The second-order valence-electron chi connectivity index (χ2n) is 6.24. The molecule has 0 atom stereocenters. The van der Waals surface area contributed by atoms with Crippen molar-refractivity contribution >= 4 is 5.91 Å². The molecule has 1 aliphatic carbocycles. The fraction of sp³-hybridized carbons (Fsp3) is 0.625. The van der Waals surface area contributed by atoms with Crippen LogP contribution in [0.1, 0.15) is 53.7 Å². The summed E-state index contributed by atoms with van der Waals surface area (Å²) in [4.78, 5) is 26.9. The lowest BCUT2D eigenvalue weighted by Crippen LogP contribution is -2.42. The maximum Gasteiger partial charge on any atom is 0.261 e. The van der Waals surface area contributed by atoms with Gasteiger partial charge in [0.25, 0.3) is 11.5 Å². The Morgan fingerprint density at radius 2 is 2.00 bits per heavy atom. The molecule has 1 aliphatic rings. The van der Waals surface area contributed by atoms with E-state index in [0.29, 0.717) is 12.1 Å². The van der Waals surface area contributed by atoms with Crippen LogP contribution in [0.3, 0.4) is 0 Å². The number of hydrogen-bond donors (Lipinski definition) is 3. The Hall–Kier alpha value is -1.62. The number of aryl methyl sites for hydroxylation is 2. The molecule has 3 N–H and O–H groups in total. The summed E-state index contributed by atoms with van der Waals surface area (Å²) in [7, 11) is 0. The molecular formula is C16H24N2O3. The molecule has 0 unspecified atom stereocenters. The summed E-state index contributed by atoms with van der Waals surface area (Å²) in [6.45, 7) is 4.06. The highest BCUT2D eigenvalue weighted by molar-refractivity contribution is 5.95. The Kier molecular flexibility index (Phi) is 4.83. The molecule has 0 spiro atoms. The van der Waals surface area contributed by atoms with Crippen molar-refractivity contribution in [2.45, 2.75) is 46.0 Å². The predicted molar refractivity (Wildman–Crippen MR) is 81.5 cm³/mol. The summed E-state index contributed by atoms with van der Waals surface area (Å²) >= 11 is 0. The minimum atomic E-state index is -0.355. The standard InChI is InChI=1S/C16H24N2O3/c1-11-8-12(2)18-15(21)13(11)14(20)17-9-16(10-19)6-4-3-5-7-16/h8,19H,3-7,9-10H2,1-2H3,(H,17,20)(H,18,21). The molecule has 2 rings (SSSR count). The molecular weight excluding hydrogens is 268 g/mol. The molecule has 5 heteroatoms. The molecule has 0 bridgehead atoms. The van der Waals surface area contributed by atoms with Gasteiger partial charge in [-0.3, -0.25) is 9.59 Å². The maximum absolute atomic E-state index is 12.3. The molecule has 1 aromatic rings. The second kappa shape index (κ2) is 6.43. The van der Waals surface area contributed by atoms with Gasteiger partial charge in [-0.25, -0.2) is 0 Å². The van der Waals surface area contributed by atoms with E-state index in [-0.39, 0.29) is 29.1 Å². The molecule has 1 fully saturated rings. The van der Waals surface area contributed by atoms with Crippen LogP contribution in [0.5, 0.6) is 0 Å². The van der Waals surface area contributed by atoms with Gasteiger partial charge in [0, 0.05) is 17.7 Å². The summed E-state index contributed by atoms with van der Waals surface area (Å²) in [5.74, 6) is -0.354. The highest BCUT2D eigenvalue weighted by atomic mass is 16.3. The van der Waals surface area contributed by atoms with Gasteiger partial charge in [0.1, 0.15) is 5.56 Å². The molecule has 1 aromatic heterocycles. The minimum Gasteiger partial charge on any atom is -0.396 e. The van der Waals surface area contributed by atoms with E-state index in [1.807, 2.05) is 0 Å². The van der Waals surface area contributed by atoms with Crippen molar-refractivity contribution in [2.75, 3.05) is 13.2 Å². The normalized spacial score (nSPS) is 17.5. The first-order valence-corrected chi connectivity index (χ1v) is 7.57. The summed E-state index contributed by atoms with van der Waals surface area (Å²) in [5.41, 5.74) is 1.01. The van der Waals surface area contributed by atoms with Gasteiger partial charge in [0.05, 0.1) is 6.61 Å². The summed E-state index contributed by atoms with van der Waals surface area (Å²) in [6, 6.07) is 1.79. The summed E-state index contributed by atoms with van der Waals surface area (Å²) in [5, 5.41) is 12.5. The first-order chi connectivity index (χ1) is 9.97. The molecule has 0 aromatic carbocycles. The first-order valence-electron chi connectivity index (χ1n) is 7.57. The number of aromatic amines is 1. The zero-order valence-corrected chi connectivity index (χ0v) is 12.8. The van der Waals surface area contributed by atoms with Gasteiger partial charge in [0.2, 0.25) is 0 Å². The quantitative estimate of drug-likeness (QED) is 0.789. The van der Waals surface area contributed by atoms with Crippen molar-refractivity contribution in [3.8, 4) is 0 Å². The highest BCUT2D eigenvalue weighted by Crippen LogP contribution is 2.35. The van der Waals surface area contributed by atoms with E-state index >= 15 is 0 Å². The van der Waals surface area contributed by atoms with Crippen LogP contribution in [0.25, 0.3) is 0 Å². The topological polar surface area (TPSA) is 82.2 Å². The molecule has 0 saturated heterocycles. The number of nitrogens with one attached hydrogen (secondary N) is 2. The number of carbonyl (C=O) groups is 1. The number of rotatable bonds is 4. The van der Waals surface area contributed by atoms with E-state index in [1.54, 1.807) is 19.9 Å². The Balaban J connectivity index is 2.10. The molecule has 1 saturated carbocycles. The molecule has 1 heterocycles. The fourth-order valence-corrected chi connectivity index (χ4v) is 3.18. The Morgan fingerprint density at radius 1 is 1.33 bits per heavy atom. The van der Waals surface area contributed by atoms with Crippen molar-refractivity contribution in [2.24, 2.45) is 5.41 Å². The number of amides is 1. The number of pyridine rings is 1. The average Bonchev–Trinajstić information content (AvgIpc) is 2.45. The van der Waals surface area contributed by atoms with Crippen molar-refractivity contribution < 1.29 is 9.90 Å². The van der Waals surface area contributed by atoms with Crippen LogP contribution in [0.15, 0.2) is 10.9 Å². The number of hydrogen-bond acceptors (Lipinski definition) is 3. The third kappa shape index (κ3) is 3.53. The molecule has 5 nitrogen and oxygen atoms in total. The van der Waals surface area contributed by atoms with E-state index in [9.17, 15) is 14.7 Å². The first kappa shape index (κ1) is 15.8.